The van der Waals surface area contributed by atoms with Crippen molar-refractivity contribution < 1.29 is 0 Å². The number of thiazole rings is 1. The summed E-state index contributed by atoms with van der Waals surface area (Å²) in [6, 6.07) is 10.7. The zero-order chi connectivity index (χ0) is 17.6. The first-order valence-electron chi connectivity index (χ1n) is 8.58. The molecule has 2 N–H and O–H groups in total. The minimum absolute atomic E-state index is 0.763. The molecule has 0 saturated heterocycles. The van der Waals surface area contributed by atoms with Gasteiger partial charge in [-0.2, -0.15) is 0 Å². The number of benzene rings is 1. The Labute approximate surface area is 152 Å². The summed E-state index contributed by atoms with van der Waals surface area (Å²) < 4.78 is 2.30. The number of nitrogens with zero attached hydrogens (tertiary/aromatic N) is 3. The number of rotatable bonds is 6. The van der Waals surface area contributed by atoms with Crippen LogP contribution in [-0.4, -0.2) is 29.1 Å². The average Bonchev–Trinajstić information content (AvgIpc) is 3.17. The predicted molar refractivity (Wildman–Crippen MR) is 106 cm³/mol. The minimum Gasteiger partial charge on any atom is -0.356 e. The van der Waals surface area contributed by atoms with Crippen molar-refractivity contribution in [2.45, 2.75) is 33.4 Å². The average molecular weight is 356 g/mol. The number of hydrogen-bond donors (Lipinski definition) is 2. The van der Waals surface area contributed by atoms with E-state index in [1.54, 1.807) is 18.4 Å². The van der Waals surface area contributed by atoms with E-state index in [2.05, 4.69) is 68.6 Å². The van der Waals surface area contributed by atoms with Gasteiger partial charge in [0.25, 0.3) is 0 Å². The largest absolute Gasteiger partial charge is 0.356 e. The fourth-order valence-electron chi connectivity index (χ4n) is 2.91. The number of para-hydroxylation sites is 1. The van der Waals surface area contributed by atoms with E-state index >= 15 is 0 Å². The van der Waals surface area contributed by atoms with Crippen LogP contribution < -0.4 is 10.6 Å². The van der Waals surface area contributed by atoms with Crippen LogP contribution >= 0.6 is 11.3 Å². The molecule has 0 unspecified atom stereocenters. The highest BCUT2D eigenvalue weighted by Gasteiger charge is 2.06. The Morgan fingerprint density at radius 3 is 2.80 bits per heavy atom. The number of guanidine groups is 1. The Morgan fingerprint density at radius 1 is 1.20 bits per heavy atom. The monoisotopic (exact) mass is 355 g/mol. The van der Waals surface area contributed by atoms with Crippen LogP contribution in [0.25, 0.3) is 10.9 Å². The number of aromatic nitrogens is 2. The number of hydrogen-bond acceptors (Lipinski definition) is 3. The molecule has 0 saturated carbocycles. The van der Waals surface area contributed by atoms with Gasteiger partial charge < -0.3 is 15.2 Å². The lowest BCUT2D eigenvalue weighted by atomic mass is 10.2. The summed E-state index contributed by atoms with van der Waals surface area (Å²) in [6.45, 7) is 6.73. The van der Waals surface area contributed by atoms with E-state index in [4.69, 9.17) is 0 Å². The van der Waals surface area contributed by atoms with E-state index in [0.717, 1.165) is 42.7 Å². The minimum atomic E-state index is 0.763. The molecule has 0 spiro atoms. The number of aryl methyl sites for hydroxylation is 3. The van der Waals surface area contributed by atoms with Gasteiger partial charge in [0.1, 0.15) is 0 Å². The molecule has 2 aromatic heterocycles. The van der Waals surface area contributed by atoms with E-state index in [-0.39, 0.29) is 0 Å². The first kappa shape index (κ1) is 17.5. The standard InChI is InChI=1S/C19H25N5S/c1-14-18(25-15(2)23-14)13-22-19(20-3)21-10-6-11-24-12-9-16-7-4-5-8-17(16)24/h4-5,7-9,12H,6,10-11,13H2,1-3H3,(H2,20,21,22). The van der Waals surface area contributed by atoms with Crippen molar-refractivity contribution in [3.63, 3.8) is 0 Å². The second kappa shape index (κ2) is 8.16. The third-order valence-corrected chi connectivity index (χ3v) is 5.26. The van der Waals surface area contributed by atoms with Crippen molar-refractivity contribution >= 4 is 28.2 Å². The summed E-state index contributed by atoms with van der Waals surface area (Å²) in [5, 5.41) is 9.15. The Bertz CT molecular complexity index is 862. The molecule has 2 heterocycles. The van der Waals surface area contributed by atoms with Crippen LogP contribution in [0.5, 0.6) is 0 Å². The first-order chi connectivity index (χ1) is 12.2. The van der Waals surface area contributed by atoms with Gasteiger partial charge in [0.2, 0.25) is 0 Å². The summed E-state index contributed by atoms with van der Waals surface area (Å²) >= 11 is 1.73. The molecular formula is C19H25N5S. The lowest BCUT2D eigenvalue weighted by Gasteiger charge is -2.12. The molecule has 0 bridgehead atoms. The van der Waals surface area contributed by atoms with Gasteiger partial charge in [-0.3, -0.25) is 4.99 Å². The third kappa shape index (κ3) is 4.39. The van der Waals surface area contributed by atoms with Gasteiger partial charge in [-0.05, 0) is 37.8 Å². The molecule has 132 valence electrons. The summed E-state index contributed by atoms with van der Waals surface area (Å²) in [5.41, 5.74) is 2.39. The highest BCUT2D eigenvalue weighted by atomic mass is 32.1. The molecule has 0 aliphatic carbocycles. The molecule has 1 aromatic carbocycles. The van der Waals surface area contributed by atoms with Crippen LogP contribution in [0.1, 0.15) is 22.0 Å². The van der Waals surface area contributed by atoms with Gasteiger partial charge in [-0.15, -0.1) is 11.3 Å². The van der Waals surface area contributed by atoms with Gasteiger partial charge in [-0.25, -0.2) is 4.98 Å². The molecule has 25 heavy (non-hydrogen) atoms. The Hall–Kier alpha value is -2.34. The van der Waals surface area contributed by atoms with E-state index in [0.29, 0.717) is 0 Å². The van der Waals surface area contributed by atoms with Crippen LogP contribution in [0.15, 0.2) is 41.5 Å². The number of nitrogens with one attached hydrogen (secondary N) is 2. The molecule has 6 heteroatoms. The van der Waals surface area contributed by atoms with Crippen molar-refractivity contribution in [3.8, 4) is 0 Å². The molecule has 3 aromatic rings. The highest BCUT2D eigenvalue weighted by molar-refractivity contribution is 7.11. The molecule has 0 atom stereocenters. The quantitative estimate of drug-likeness (QED) is 0.404. The topological polar surface area (TPSA) is 54.2 Å². The van der Waals surface area contributed by atoms with E-state index in [9.17, 15) is 0 Å². The maximum absolute atomic E-state index is 4.46. The lowest BCUT2D eigenvalue weighted by Crippen LogP contribution is -2.37. The predicted octanol–water partition coefficient (Wildman–Crippen LogP) is 3.47. The molecular weight excluding hydrogens is 330 g/mol. The van der Waals surface area contributed by atoms with Crippen molar-refractivity contribution in [3.05, 3.63) is 52.1 Å². The van der Waals surface area contributed by atoms with E-state index < -0.39 is 0 Å². The zero-order valence-corrected chi connectivity index (χ0v) is 15.9. The smallest absolute Gasteiger partial charge is 0.191 e. The highest BCUT2D eigenvalue weighted by Crippen LogP contribution is 2.16. The maximum Gasteiger partial charge on any atom is 0.191 e. The van der Waals surface area contributed by atoms with Crippen LogP contribution in [-0.2, 0) is 13.1 Å². The molecule has 0 aliphatic rings. The van der Waals surface area contributed by atoms with Crippen LogP contribution in [0.3, 0.4) is 0 Å². The maximum atomic E-state index is 4.46. The van der Waals surface area contributed by atoms with Crippen LogP contribution in [0.4, 0.5) is 0 Å². The Balaban J connectivity index is 1.45. The third-order valence-electron chi connectivity index (χ3n) is 4.19. The molecule has 0 radical (unpaired) electrons. The van der Waals surface area contributed by atoms with Crippen molar-refractivity contribution in [2.75, 3.05) is 13.6 Å². The van der Waals surface area contributed by atoms with Crippen LogP contribution in [0, 0.1) is 13.8 Å². The molecule has 0 aliphatic heterocycles. The van der Waals surface area contributed by atoms with E-state index in [1.165, 1.54) is 15.8 Å². The van der Waals surface area contributed by atoms with Gasteiger partial charge in [0.05, 0.1) is 17.2 Å². The summed E-state index contributed by atoms with van der Waals surface area (Å²) in [7, 11) is 1.81. The molecule has 0 amide bonds. The molecule has 3 rings (SSSR count). The van der Waals surface area contributed by atoms with Crippen molar-refractivity contribution in [2.24, 2.45) is 4.99 Å². The lowest BCUT2D eigenvalue weighted by molar-refractivity contribution is 0.641. The SMILES string of the molecule is CN=C(NCCCn1ccc2ccccc21)NCc1sc(C)nc1C. The summed E-state index contributed by atoms with van der Waals surface area (Å²) in [6.07, 6.45) is 3.20. The van der Waals surface area contributed by atoms with Gasteiger partial charge in [0.15, 0.2) is 5.96 Å². The second-order valence-electron chi connectivity index (χ2n) is 6.02. The van der Waals surface area contributed by atoms with Gasteiger partial charge >= 0.3 is 0 Å². The fraction of sp³-hybridized carbons (Fsp3) is 0.368. The zero-order valence-electron chi connectivity index (χ0n) is 15.0. The summed E-state index contributed by atoms with van der Waals surface area (Å²) in [5.74, 6) is 0.836. The van der Waals surface area contributed by atoms with E-state index in [1.807, 2.05) is 6.92 Å². The van der Waals surface area contributed by atoms with Gasteiger partial charge in [0, 0.05) is 36.7 Å². The van der Waals surface area contributed by atoms with Gasteiger partial charge in [-0.1, -0.05) is 18.2 Å². The Kier molecular flexibility index (Phi) is 5.71. The van der Waals surface area contributed by atoms with Crippen LogP contribution in [0.2, 0.25) is 0 Å². The second-order valence-corrected chi connectivity index (χ2v) is 7.30. The van der Waals surface area contributed by atoms with Crippen molar-refractivity contribution in [1.82, 2.24) is 20.2 Å². The Morgan fingerprint density at radius 2 is 2.04 bits per heavy atom. The molecule has 5 nitrogen and oxygen atoms in total. The molecule has 0 fully saturated rings. The summed E-state index contributed by atoms with van der Waals surface area (Å²) in [4.78, 5) is 10.0. The first-order valence-corrected chi connectivity index (χ1v) is 9.40. The van der Waals surface area contributed by atoms with Crippen molar-refractivity contribution in [1.29, 1.82) is 0 Å². The number of aliphatic imine (C=N–C) groups is 1. The normalized spacial score (nSPS) is 11.9. The number of fused-ring (bicyclic) bond motifs is 1. The fourth-order valence-corrected chi connectivity index (χ4v) is 3.79.